The number of aldehydes is 1. The van der Waals surface area contributed by atoms with Crippen LogP contribution < -0.4 is 5.32 Å². The van der Waals surface area contributed by atoms with Crippen LogP contribution in [0.5, 0.6) is 0 Å². The molecule has 1 aromatic carbocycles. The largest absolute Gasteiger partial charge is 0.340 e. The predicted octanol–water partition coefficient (Wildman–Crippen LogP) is 3.29. The lowest BCUT2D eigenvalue weighted by molar-refractivity contribution is 0.112. The highest BCUT2D eigenvalue weighted by atomic mass is 35.5. The molecule has 0 bridgehead atoms. The Kier molecular flexibility index (Phi) is 3.17. The van der Waals surface area contributed by atoms with Crippen molar-refractivity contribution >= 4 is 29.4 Å². The van der Waals surface area contributed by atoms with Crippen molar-refractivity contribution in [3.63, 3.8) is 0 Å². The molecular weight excluding hydrogens is 224 g/mol. The minimum Gasteiger partial charge on any atom is -0.340 e. The van der Waals surface area contributed by atoms with E-state index in [1.807, 2.05) is 12.1 Å². The minimum absolute atomic E-state index is 0.525. The molecular formula is C12H9ClN2O. The Morgan fingerprint density at radius 1 is 1.19 bits per heavy atom. The van der Waals surface area contributed by atoms with Gasteiger partial charge < -0.3 is 5.32 Å². The van der Waals surface area contributed by atoms with Crippen LogP contribution in [-0.2, 0) is 0 Å². The van der Waals surface area contributed by atoms with Gasteiger partial charge in [-0.1, -0.05) is 11.6 Å². The maximum atomic E-state index is 10.8. The van der Waals surface area contributed by atoms with Crippen LogP contribution in [-0.4, -0.2) is 11.3 Å². The lowest BCUT2D eigenvalue weighted by atomic mass is 10.2. The summed E-state index contributed by atoms with van der Waals surface area (Å²) < 4.78 is 0. The number of hydrogen-bond donors (Lipinski definition) is 1. The second-order valence-corrected chi connectivity index (χ2v) is 3.63. The molecule has 1 aromatic heterocycles. The summed E-state index contributed by atoms with van der Waals surface area (Å²) in [4.78, 5) is 14.9. The second-order valence-electron chi connectivity index (χ2n) is 3.19. The van der Waals surface area contributed by atoms with Crippen molar-refractivity contribution in [3.8, 4) is 0 Å². The van der Waals surface area contributed by atoms with Gasteiger partial charge >= 0.3 is 0 Å². The molecule has 0 saturated carbocycles. The Labute approximate surface area is 98.1 Å². The first-order valence-electron chi connectivity index (χ1n) is 4.72. The van der Waals surface area contributed by atoms with Gasteiger partial charge in [0.1, 0.15) is 5.82 Å². The summed E-state index contributed by atoms with van der Waals surface area (Å²) >= 11 is 5.77. The molecule has 0 spiro atoms. The summed E-state index contributed by atoms with van der Waals surface area (Å²) in [6.45, 7) is 0. The molecule has 0 amide bonds. The van der Waals surface area contributed by atoms with E-state index in [0.717, 1.165) is 12.0 Å². The Morgan fingerprint density at radius 3 is 2.62 bits per heavy atom. The monoisotopic (exact) mass is 232 g/mol. The van der Waals surface area contributed by atoms with Crippen LogP contribution in [0.1, 0.15) is 10.4 Å². The van der Waals surface area contributed by atoms with Gasteiger partial charge in [0.25, 0.3) is 0 Å². The van der Waals surface area contributed by atoms with Gasteiger partial charge in [-0.25, -0.2) is 4.98 Å². The molecule has 3 nitrogen and oxygen atoms in total. The lowest BCUT2D eigenvalue weighted by Crippen LogP contribution is -1.97. The molecule has 0 unspecified atom stereocenters. The molecule has 80 valence electrons. The average molecular weight is 233 g/mol. The van der Waals surface area contributed by atoms with Crippen LogP contribution in [0.15, 0.2) is 42.6 Å². The Balaban J connectivity index is 2.26. The molecule has 0 aliphatic rings. The van der Waals surface area contributed by atoms with Crippen LogP contribution in [0.2, 0.25) is 5.02 Å². The Bertz CT molecular complexity index is 497. The van der Waals surface area contributed by atoms with Gasteiger partial charge in [-0.2, -0.15) is 0 Å². The fourth-order valence-electron chi connectivity index (χ4n) is 1.29. The van der Waals surface area contributed by atoms with Crippen molar-refractivity contribution in [1.82, 2.24) is 4.98 Å². The molecule has 0 fully saturated rings. The second kappa shape index (κ2) is 4.77. The highest BCUT2D eigenvalue weighted by Crippen LogP contribution is 2.19. The molecule has 1 N–H and O–H groups in total. The molecule has 0 aliphatic heterocycles. The first kappa shape index (κ1) is 10.6. The number of rotatable bonds is 3. The van der Waals surface area contributed by atoms with Crippen molar-refractivity contribution in [3.05, 3.63) is 53.2 Å². The van der Waals surface area contributed by atoms with Gasteiger partial charge in [0, 0.05) is 16.9 Å². The third-order valence-electron chi connectivity index (χ3n) is 2.07. The number of benzene rings is 1. The average Bonchev–Trinajstić information content (AvgIpc) is 2.33. The first-order chi connectivity index (χ1) is 7.79. The molecule has 0 atom stereocenters. The molecule has 0 aliphatic carbocycles. The normalized spacial score (nSPS) is 9.81. The molecule has 2 rings (SSSR count). The highest BCUT2D eigenvalue weighted by molar-refractivity contribution is 6.30. The fourth-order valence-corrected chi connectivity index (χ4v) is 1.41. The van der Waals surface area contributed by atoms with Crippen LogP contribution in [0.4, 0.5) is 11.5 Å². The zero-order valence-corrected chi connectivity index (χ0v) is 9.11. The quantitative estimate of drug-likeness (QED) is 0.826. The van der Waals surface area contributed by atoms with E-state index in [1.54, 1.807) is 30.5 Å². The van der Waals surface area contributed by atoms with E-state index < -0.39 is 0 Å². The van der Waals surface area contributed by atoms with Gasteiger partial charge in [-0.05, 0) is 36.4 Å². The first-order valence-corrected chi connectivity index (χ1v) is 5.10. The Morgan fingerprint density at radius 2 is 1.94 bits per heavy atom. The summed E-state index contributed by atoms with van der Waals surface area (Å²) in [5, 5.41) is 3.72. The van der Waals surface area contributed by atoms with E-state index in [9.17, 15) is 4.79 Å². The fraction of sp³-hybridized carbons (Fsp3) is 0. The van der Waals surface area contributed by atoms with Crippen molar-refractivity contribution in [2.24, 2.45) is 0 Å². The van der Waals surface area contributed by atoms with Gasteiger partial charge in [0.05, 0.1) is 5.56 Å². The van der Waals surface area contributed by atoms with Crippen LogP contribution in [0.25, 0.3) is 0 Å². The van der Waals surface area contributed by atoms with Crippen LogP contribution in [0.3, 0.4) is 0 Å². The maximum absolute atomic E-state index is 10.8. The zero-order chi connectivity index (χ0) is 11.4. The van der Waals surface area contributed by atoms with Gasteiger partial charge in [0.2, 0.25) is 0 Å². The van der Waals surface area contributed by atoms with E-state index in [-0.39, 0.29) is 0 Å². The number of hydrogen-bond acceptors (Lipinski definition) is 3. The van der Waals surface area contributed by atoms with Crippen LogP contribution >= 0.6 is 11.6 Å². The number of nitrogens with one attached hydrogen (secondary N) is 1. The lowest BCUT2D eigenvalue weighted by Gasteiger charge is -2.06. The molecule has 4 heteroatoms. The highest BCUT2D eigenvalue weighted by Gasteiger charge is 2.01. The molecule has 1 heterocycles. The molecule has 0 saturated heterocycles. The number of anilines is 2. The van der Waals surface area contributed by atoms with Crippen LogP contribution in [0, 0.1) is 0 Å². The number of aromatic nitrogens is 1. The predicted molar refractivity (Wildman–Crippen MR) is 64.4 cm³/mol. The minimum atomic E-state index is 0.525. The number of pyridine rings is 1. The number of halogens is 1. The van der Waals surface area contributed by atoms with E-state index in [4.69, 9.17) is 11.6 Å². The summed E-state index contributed by atoms with van der Waals surface area (Å²) in [6, 6.07) is 10.6. The smallest absolute Gasteiger partial charge is 0.153 e. The van der Waals surface area contributed by atoms with E-state index in [2.05, 4.69) is 10.3 Å². The number of nitrogens with zero attached hydrogens (tertiary/aromatic N) is 1. The topological polar surface area (TPSA) is 42.0 Å². The van der Waals surface area contributed by atoms with Crippen molar-refractivity contribution in [2.45, 2.75) is 0 Å². The van der Waals surface area contributed by atoms with Crippen molar-refractivity contribution < 1.29 is 4.79 Å². The van der Waals surface area contributed by atoms with E-state index >= 15 is 0 Å². The number of carbonyl (C=O) groups excluding carboxylic acids is 1. The molecule has 16 heavy (non-hydrogen) atoms. The number of carbonyl (C=O) groups is 1. The summed E-state index contributed by atoms with van der Waals surface area (Å²) in [5.74, 6) is 0.542. The van der Waals surface area contributed by atoms with Gasteiger partial charge in [-0.3, -0.25) is 4.79 Å². The van der Waals surface area contributed by atoms with Crippen molar-refractivity contribution in [1.29, 1.82) is 0 Å². The summed E-state index contributed by atoms with van der Waals surface area (Å²) in [6.07, 6.45) is 2.40. The Hall–Kier alpha value is -1.87. The molecule has 0 radical (unpaired) electrons. The van der Waals surface area contributed by atoms with Gasteiger partial charge in [0.15, 0.2) is 6.29 Å². The zero-order valence-electron chi connectivity index (χ0n) is 8.35. The molecule has 2 aromatic rings. The third kappa shape index (κ3) is 2.38. The SMILES string of the molecule is O=Cc1cccnc1Nc1ccc(Cl)cc1. The van der Waals surface area contributed by atoms with Crippen molar-refractivity contribution in [2.75, 3.05) is 5.32 Å². The summed E-state index contributed by atoms with van der Waals surface area (Å²) in [7, 11) is 0. The van der Waals surface area contributed by atoms with E-state index in [0.29, 0.717) is 16.4 Å². The third-order valence-corrected chi connectivity index (χ3v) is 2.32. The standard InChI is InChI=1S/C12H9ClN2O/c13-10-3-5-11(6-4-10)15-12-9(8-16)2-1-7-14-12/h1-8H,(H,14,15). The van der Waals surface area contributed by atoms with Gasteiger partial charge in [-0.15, -0.1) is 0 Å². The summed E-state index contributed by atoms with van der Waals surface area (Å²) in [5.41, 5.74) is 1.36. The van der Waals surface area contributed by atoms with E-state index in [1.165, 1.54) is 0 Å². The maximum Gasteiger partial charge on any atom is 0.153 e.